The first-order chi connectivity index (χ1) is 11.9. The Morgan fingerprint density at radius 1 is 1.32 bits per heavy atom. The van der Waals surface area contributed by atoms with Gasteiger partial charge >= 0.3 is 6.03 Å². The summed E-state index contributed by atoms with van der Waals surface area (Å²) in [5.41, 5.74) is -0.697. The molecule has 1 aliphatic heterocycles. The quantitative estimate of drug-likeness (QED) is 0.632. The number of furan rings is 1. The van der Waals surface area contributed by atoms with Gasteiger partial charge in [0, 0.05) is 10.6 Å². The van der Waals surface area contributed by atoms with Crippen molar-refractivity contribution in [3.05, 3.63) is 48.4 Å². The fourth-order valence-corrected chi connectivity index (χ4v) is 3.08. The number of benzene rings is 1. The largest absolute Gasteiger partial charge is 0.466 e. The summed E-state index contributed by atoms with van der Waals surface area (Å²) >= 11 is 1.55. The van der Waals surface area contributed by atoms with E-state index in [1.807, 2.05) is 24.5 Å². The van der Waals surface area contributed by atoms with Crippen molar-refractivity contribution in [2.75, 3.05) is 18.1 Å². The van der Waals surface area contributed by atoms with Crippen molar-refractivity contribution in [3.63, 3.8) is 0 Å². The highest BCUT2D eigenvalue weighted by atomic mass is 32.2. The van der Waals surface area contributed by atoms with E-state index in [0.29, 0.717) is 11.4 Å². The van der Waals surface area contributed by atoms with Crippen molar-refractivity contribution >= 4 is 35.3 Å². The number of anilines is 1. The van der Waals surface area contributed by atoms with Crippen LogP contribution >= 0.6 is 11.8 Å². The maximum absolute atomic E-state index is 12.6. The summed E-state index contributed by atoms with van der Waals surface area (Å²) in [4.78, 5) is 38.9. The van der Waals surface area contributed by atoms with Gasteiger partial charge in [0.15, 0.2) is 5.54 Å². The van der Waals surface area contributed by atoms with Crippen LogP contribution in [-0.2, 0) is 15.1 Å². The lowest BCUT2D eigenvalue weighted by Gasteiger charge is -2.18. The fraction of sp³-hybridized carbons (Fsp3) is 0.235. The van der Waals surface area contributed by atoms with Gasteiger partial charge in [0.2, 0.25) is 5.91 Å². The maximum Gasteiger partial charge on any atom is 0.325 e. The maximum atomic E-state index is 12.6. The van der Waals surface area contributed by atoms with Crippen LogP contribution in [0.15, 0.2) is 52.0 Å². The molecule has 0 unspecified atom stereocenters. The molecule has 1 fully saturated rings. The van der Waals surface area contributed by atoms with Gasteiger partial charge in [-0.25, -0.2) is 4.79 Å². The van der Waals surface area contributed by atoms with Crippen molar-refractivity contribution in [2.24, 2.45) is 0 Å². The number of amides is 4. The van der Waals surface area contributed by atoms with Crippen LogP contribution in [-0.4, -0.2) is 35.5 Å². The Balaban J connectivity index is 1.71. The van der Waals surface area contributed by atoms with Crippen LogP contribution < -0.4 is 10.6 Å². The number of nitrogens with one attached hydrogen (secondary N) is 2. The van der Waals surface area contributed by atoms with Gasteiger partial charge in [0.25, 0.3) is 5.91 Å². The SMILES string of the molecule is CSc1cccc(NC(=O)CN2C(=O)N[C@](C)(c3ccco3)C2=O)c1. The lowest BCUT2D eigenvalue weighted by Crippen LogP contribution is -2.41. The molecule has 0 bridgehead atoms. The lowest BCUT2D eigenvalue weighted by molar-refractivity contribution is -0.134. The van der Waals surface area contributed by atoms with E-state index in [9.17, 15) is 14.4 Å². The topological polar surface area (TPSA) is 91.7 Å². The van der Waals surface area contributed by atoms with E-state index in [1.54, 1.807) is 36.9 Å². The third kappa shape index (κ3) is 3.25. The minimum Gasteiger partial charge on any atom is -0.466 e. The van der Waals surface area contributed by atoms with E-state index < -0.39 is 23.4 Å². The first-order valence-electron chi connectivity index (χ1n) is 7.56. The molecule has 1 aliphatic rings. The number of hydrogen-bond donors (Lipinski definition) is 2. The van der Waals surface area contributed by atoms with Crippen molar-refractivity contribution in [1.82, 2.24) is 10.2 Å². The number of rotatable bonds is 5. The van der Waals surface area contributed by atoms with Gasteiger partial charge in [-0.1, -0.05) is 6.07 Å². The van der Waals surface area contributed by atoms with Crippen LogP contribution in [0, 0.1) is 0 Å². The molecule has 1 atom stereocenters. The predicted molar refractivity (Wildman–Crippen MR) is 93.2 cm³/mol. The first-order valence-corrected chi connectivity index (χ1v) is 8.78. The smallest absolute Gasteiger partial charge is 0.325 e. The number of hydrogen-bond acceptors (Lipinski definition) is 5. The molecule has 0 radical (unpaired) electrons. The second-order valence-electron chi connectivity index (χ2n) is 5.70. The van der Waals surface area contributed by atoms with Gasteiger partial charge in [-0.2, -0.15) is 0 Å². The highest BCUT2D eigenvalue weighted by Gasteiger charge is 2.51. The molecule has 8 heteroatoms. The second-order valence-corrected chi connectivity index (χ2v) is 6.58. The van der Waals surface area contributed by atoms with Gasteiger partial charge in [-0.15, -0.1) is 11.8 Å². The number of imide groups is 1. The average Bonchev–Trinajstić information content (AvgIpc) is 3.20. The standard InChI is InChI=1S/C17H17N3O4S/c1-17(13-7-4-8-24-13)15(22)20(16(23)19-17)10-14(21)18-11-5-3-6-12(9-11)25-2/h3-9H,10H2,1-2H3,(H,18,21)(H,19,23)/t17-/m1/s1. The minimum atomic E-state index is -1.31. The molecule has 2 N–H and O–H groups in total. The zero-order chi connectivity index (χ0) is 18.0. The Morgan fingerprint density at radius 2 is 2.12 bits per heavy atom. The van der Waals surface area contributed by atoms with Gasteiger partial charge in [-0.3, -0.25) is 14.5 Å². The third-order valence-electron chi connectivity index (χ3n) is 3.94. The molecule has 2 aromatic rings. The first kappa shape index (κ1) is 17.1. The van der Waals surface area contributed by atoms with Crippen molar-refractivity contribution in [3.8, 4) is 0 Å². The molecule has 0 spiro atoms. The summed E-state index contributed by atoms with van der Waals surface area (Å²) in [5.74, 6) is -0.660. The highest BCUT2D eigenvalue weighted by Crippen LogP contribution is 2.29. The monoisotopic (exact) mass is 359 g/mol. The van der Waals surface area contributed by atoms with Crippen LogP contribution in [0.4, 0.5) is 10.5 Å². The Kier molecular flexibility index (Phi) is 4.54. The van der Waals surface area contributed by atoms with E-state index in [2.05, 4.69) is 10.6 Å². The second kappa shape index (κ2) is 6.64. The Morgan fingerprint density at radius 3 is 2.80 bits per heavy atom. The molecule has 1 aromatic heterocycles. The summed E-state index contributed by atoms with van der Waals surface area (Å²) in [7, 11) is 0. The van der Waals surface area contributed by atoms with Gasteiger partial charge in [0.05, 0.1) is 6.26 Å². The summed E-state index contributed by atoms with van der Waals surface area (Å²) in [6, 6.07) is 9.93. The Bertz CT molecular complexity index is 821. The molecular weight excluding hydrogens is 342 g/mol. The molecule has 1 saturated heterocycles. The summed E-state index contributed by atoms with van der Waals surface area (Å²) in [6.07, 6.45) is 3.36. The van der Waals surface area contributed by atoms with E-state index in [0.717, 1.165) is 9.80 Å². The summed E-state index contributed by atoms with van der Waals surface area (Å²) in [6.45, 7) is 1.18. The number of carbonyl (C=O) groups is 3. The van der Waals surface area contributed by atoms with E-state index in [4.69, 9.17) is 4.42 Å². The summed E-state index contributed by atoms with van der Waals surface area (Å²) < 4.78 is 5.25. The molecule has 4 amide bonds. The number of carbonyl (C=O) groups excluding carboxylic acids is 3. The van der Waals surface area contributed by atoms with E-state index in [1.165, 1.54) is 6.26 Å². The van der Waals surface area contributed by atoms with Crippen LogP contribution in [0.1, 0.15) is 12.7 Å². The van der Waals surface area contributed by atoms with Crippen LogP contribution in [0.5, 0.6) is 0 Å². The average molecular weight is 359 g/mol. The molecule has 0 aliphatic carbocycles. The normalized spacial score (nSPS) is 19.8. The molecule has 2 heterocycles. The minimum absolute atomic E-state index is 0.321. The van der Waals surface area contributed by atoms with Crippen LogP contribution in [0.25, 0.3) is 0 Å². The molecule has 1 aromatic carbocycles. The zero-order valence-electron chi connectivity index (χ0n) is 13.7. The summed E-state index contributed by atoms with van der Waals surface area (Å²) in [5, 5.41) is 5.28. The zero-order valence-corrected chi connectivity index (χ0v) is 14.6. The van der Waals surface area contributed by atoms with Gasteiger partial charge < -0.3 is 15.1 Å². The van der Waals surface area contributed by atoms with E-state index >= 15 is 0 Å². The highest BCUT2D eigenvalue weighted by molar-refractivity contribution is 7.98. The Hall–Kier alpha value is -2.74. The van der Waals surface area contributed by atoms with Gasteiger partial charge in [0.1, 0.15) is 12.3 Å². The van der Waals surface area contributed by atoms with E-state index in [-0.39, 0.29) is 6.54 Å². The van der Waals surface area contributed by atoms with Crippen molar-refractivity contribution in [2.45, 2.75) is 17.4 Å². The number of thioether (sulfide) groups is 1. The molecular formula is C17H17N3O4S. The fourth-order valence-electron chi connectivity index (χ4n) is 2.62. The molecule has 130 valence electrons. The van der Waals surface area contributed by atoms with Crippen molar-refractivity contribution < 1.29 is 18.8 Å². The van der Waals surface area contributed by atoms with Crippen molar-refractivity contribution in [1.29, 1.82) is 0 Å². The molecule has 25 heavy (non-hydrogen) atoms. The molecule has 3 rings (SSSR count). The molecule has 7 nitrogen and oxygen atoms in total. The predicted octanol–water partition coefficient (Wildman–Crippen LogP) is 2.41. The van der Waals surface area contributed by atoms with Crippen LogP contribution in [0.2, 0.25) is 0 Å². The van der Waals surface area contributed by atoms with Gasteiger partial charge in [-0.05, 0) is 43.5 Å². The van der Waals surface area contributed by atoms with Crippen LogP contribution in [0.3, 0.4) is 0 Å². The third-order valence-corrected chi connectivity index (χ3v) is 4.67. The molecule has 0 saturated carbocycles. The number of nitrogens with zero attached hydrogens (tertiary/aromatic N) is 1. The lowest BCUT2D eigenvalue weighted by atomic mass is 9.99. The Labute approximate surface area is 148 Å². The number of urea groups is 1.